The highest BCUT2D eigenvalue weighted by molar-refractivity contribution is 5.08. The Hall–Kier alpha value is -1.62. The Bertz CT molecular complexity index is 350. The van der Waals surface area contributed by atoms with E-state index in [1.807, 2.05) is 18.6 Å². The van der Waals surface area contributed by atoms with Crippen molar-refractivity contribution in [2.24, 2.45) is 0 Å². The van der Waals surface area contributed by atoms with Gasteiger partial charge in [-0.1, -0.05) is 0 Å². The highest BCUT2D eigenvalue weighted by Crippen LogP contribution is 2.09. The van der Waals surface area contributed by atoms with E-state index in [1.54, 1.807) is 6.20 Å². The van der Waals surface area contributed by atoms with Gasteiger partial charge in [0.05, 0.1) is 12.7 Å². The Balaban J connectivity index is 1.87. The lowest BCUT2D eigenvalue weighted by Gasteiger charge is -2.09. The number of hydrogen-bond donors (Lipinski definition) is 3. The van der Waals surface area contributed by atoms with Crippen molar-refractivity contribution in [1.29, 1.82) is 0 Å². The molecule has 0 amide bonds. The van der Waals surface area contributed by atoms with Gasteiger partial charge in [0.15, 0.2) is 0 Å². The maximum absolute atomic E-state index is 4.13. The SMILES string of the molecule is CC(NCc1ncc[nH]1)c1cn[nH]c1. The first kappa shape index (κ1) is 8.96. The first-order chi connectivity index (χ1) is 6.86. The van der Waals surface area contributed by atoms with Gasteiger partial charge >= 0.3 is 0 Å². The molecule has 0 saturated heterocycles. The first-order valence-electron chi connectivity index (χ1n) is 4.56. The van der Waals surface area contributed by atoms with E-state index in [0.717, 1.165) is 17.9 Å². The summed E-state index contributed by atoms with van der Waals surface area (Å²) in [6.45, 7) is 2.83. The highest BCUT2D eigenvalue weighted by Gasteiger charge is 2.05. The summed E-state index contributed by atoms with van der Waals surface area (Å²) in [4.78, 5) is 7.17. The van der Waals surface area contributed by atoms with Crippen LogP contribution in [0.1, 0.15) is 24.4 Å². The third-order valence-electron chi connectivity index (χ3n) is 2.15. The van der Waals surface area contributed by atoms with Gasteiger partial charge in [-0.15, -0.1) is 0 Å². The van der Waals surface area contributed by atoms with E-state index in [4.69, 9.17) is 0 Å². The second kappa shape index (κ2) is 4.06. The van der Waals surface area contributed by atoms with E-state index in [9.17, 15) is 0 Å². The molecule has 0 aliphatic carbocycles. The van der Waals surface area contributed by atoms with Crippen molar-refractivity contribution in [3.05, 3.63) is 36.2 Å². The molecule has 0 saturated carbocycles. The predicted octanol–water partition coefficient (Wildman–Crippen LogP) is 0.984. The Morgan fingerprint density at radius 1 is 1.57 bits per heavy atom. The first-order valence-corrected chi connectivity index (χ1v) is 4.56. The standard InChI is InChI=1S/C9H13N5/c1-7(8-4-13-14-5-8)12-6-9-10-2-3-11-9/h2-5,7,12H,6H2,1H3,(H,10,11)(H,13,14). The Kier molecular flexibility index (Phi) is 2.60. The minimum atomic E-state index is 0.277. The lowest BCUT2D eigenvalue weighted by atomic mass is 10.2. The number of aromatic amines is 2. The largest absolute Gasteiger partial charge is 0.348 e. The van der Waals surface area contributed by atoms with Crippen molar-refractivity contribution in [1.82, 2.24) is 25.5 Å². The molecule has 0 radical (unpaired) electrons. The molecule has 2 aromatic rings. The van der Waals surface area contributed by atoms with Gasteiger partial charge in [0, 0.05) is 30.2 Å². The summed E-state index contributed by atoms with van der Waals surface area (Å²) in [5, 5.41) is 10.0. The number of aromatic nitrogens is 4. The number of rotatable bonds is 4. The molecule has 1 unspecified atom stereocenters. The zero-order valence-electron chi connectivity index (χ0n) is 7.99. The van der Waals surface area contributed by atoms with Crippen molar-refractivity contribution in [2.75, 3.05) is 0 Å². The quantitative estimate of drug-likeness (QED) is 0.674. The fourth-order valence-corrected chi connectivity index (χ4v) is 1.26. The third-order valence-corrected chi connectivity index (χ3v) is 2.15. The molecule has 0 spiro atoms. The van der Waals surface area contributed by atoms with Gasteiger partial charge < -0.3 is 10.3 Å². The van der Waals surface area contributed by atoms with Gasteiger partial charge in [-0.2, -0.15) is 5.10 Å². The molecule has 0 fully saturated rings. The van der Waals surface area contributed by atoms with Crippen LogP contribution in [-0.2, 0) is 6.54 Å². The molecule has 3 N–H and O–H groups in total. The van der Waals surface area contributed by atoms with Crippen LogP contribution >= 0.6 is 0 Å². The zero-order valence-corrected chi connectivity index (χ0v) is 7.99. The molecule has 2 rings (SSSR count). The molecule has 2 aromatic heterocycles. The van der Waals surface area contributed by atoms with Crippen LogP contribution in [0.3, 0.4) is 0 Å². The summed E-state index contributed by atoms with van der Waals surface area (Å²) in [6, 6.07) is 0.277. The van der Waals surface area contributed by atoms with Gasteiger partial charge in [-0.3, -0.25) is 5.10 Å². The molecule has 0 aliphatic heterocycles. The van der Waals surface area contributed by atoms with E-state index in [1.165, 1.54) is 0 Å². The van der Waals surface area contributed by atoms with E-state index >= 15 is 0 Å². The van der Waals surface area contributed by atoms with Crippen molar-refractivity contribution in [2.45, 2.75) is 19.5 Å². The summed E-state index contributed by atoms with van der Waals surface area (Å²) >= 11 is 0. The highest BCUT2D eigenvalue weighted by atomic mass is 15.1. The van der Waals surface area contributed by atoms with Crippen LogP contribution in [-0.4, -0.2) is 20.2 Å². The summed E-state index contributed by atoms with van der Waals surface area (Å²) in [6.07, 6.45) is 7.28. The van der Waals surface area contributed by atoms with Crippen LogP contribution in [0.2, 0.25) is 0 Å². The van der Waals surface area contributed by atoms with E-state index < -0.39 is 0 Å². The van der Waals surface area contributed by atoms with Crippen molar-refractivity contribution in [3.8, 4) is 0 Å². The van der Waals surface area contributed by atoms with Gasteiger partial charge in [0.1, 0.15) is 5.82 Å². The summed E-state index contributed by atoms with van der Waals surface area (Å²) in [5.41, 5.74) is 1.15. The van der Waals surface area contributed by atoms with Gasteiger partial charge in [0.25, 0.3) is 0 Å². The topological polar surface area (TPSA) is 69.4 Å². The van der Waals surface area contributed by atoms with Crippen LogP contribution < -0.4 is 5.32 Å². The van der Waals surface area contributed by atoms with Crippen LogP contribution in [0.5, 0.6) is 0 Å². The number of nitrogens with one attached hydrogen (secondary N) is 3. The van der Waals surface area contributed by atoms with Crippen LogP contribution in [0.15, 0.2) is 24.8 Å². The normalized spacial score (nSPS) is 12.9. The smallest absolute Gasteiger partial charge is 0.120 e. The van der Waals surface area contributed by atoms with E-state index in [-0.39, 0.29) is 6.04 Å². The molecule has 5 nitrogen and oxygen atoms in total. The summed E-state index contributed by atoms with van der Waals surface area (Å²) in [5.74, 6) is 0.945. The minimum absolute atomic E-state index is 0.277. The average molecular weight is 191 g/mol. The molecular weight excluding hydrogens is 178 g/mol. The molecular formula is C9H13N5. The lowest BCUT2D eigenvalue weighted by Crippen LogP contribution is -2.18. The van der Waals surface area contributed by atoms with Crippen LogP contribution in [0, 0.1) is 0 Å². The van der Waals surface area contributed by atoms with Crippen LogP contribution in [0.4, 0.5) is 0 Å². The lowest BCUT2D eigenvalue weighted by molar-refractivity contribution is 0.562. The van der Waals surface area contributed by atoms with Crippen molar-refractivity contribution in [3.63, 3.8) is 0 Å². The second-order valence-electron chi connectivity index (χ2n) is 3.17. The molecule has 0 aliphatic rings. The molecule has 74 valence electrons. The molecule has 2 heterocycles. The fraction of sp³-hybridized carbons (Fsp3) is 0.333. The number of H-pyrrole nitrogens is 2. The van der Waals surface area contributed by atoms with Gasteiger partial charge in [0.2, 0.25) is 0 Å². The molecule has 1 atom stereocenters. The number of hydrogen-bond acceptors (Lipinski definition) is 3. The van der Waals surface area contributed by atoms with Gasteiger partial charge in [-0.05, 0) is 6.92 Å². The zero-order chi connectivity index (χ0) is 9.80. The third kappa shape index (κ3) is 2.00. The van der Waals surface area contributed by atoms with Gasteiger partial charge in [-0.25, -0.2) is 4.98 Å². The maximum atomic E-state index is 4.13. The minimum Gasteiger partial charge on any atom is -0.348 e. The Morgan fingerprint density at radius 2 is 2.50 bits per heavy atom. The number of nitrogens with zero attached hydrogens (tertiary/aromatic N) is 2. The summed E-state index contributed by atoms with van der Waals surface area (Å²) < 4.78 is 0. The molecule has 5 heteroatoms. The van der Waals surface area contributed by atoms with E-state index in [0.29, 0.717) is 0 Å². The molecule has 0 aromatic carbocycles. The molecule has 0 bridgehead atoms. The van der Waals surface area contributed by atoms with Crippen molar-refractivity contribution >= 4 is 0 Å². The van der Waals surface area contributed by atoms with E-state index in [2.05, 4.69) is 32.4 Å². The van der Waals surface area contributed by atoms with Crippen LogP contribution in [0.25, 0.3) is 0 Å². The monoisotopic (exact) mass is 191 g/mol. The Labute approximate surface area is 82.0 Å². The average Bonchev–Trinajstić information content (AvgIpc) is 2.87. The maximum Gasteiger partial charge on any atom is 0.120 e. The second-order valence-corrected chi connectivity index (χ2v) is 3.17. The number of imidazole rings is 1. The molecule has 14 heavy (non-hydrogen) atoms. The summed E-state index contributed by atoms with van der Waals surface area (Å²) in [7, 11) is 0. The predicted molar refractivity (Wildman–Crippen MR) is 52.4 cm³/mol. The fourth-order valence-electron chi connectivity index (χ4n) is 1.26. The van der Waals surface area contributed by atoms with Crippen molar-refractivity contribution < 1.29 is 0 Å². The Morgan fingerprint density at radius 3 is 3.14 bits per heavy atom.